The minimum Gasteiger partial charge on any atom is -0.408 e. The Labute approximate surface area is 105 Å². The van der Waals surface area contributed by atoms with Crippen LogP contribution < -0.4 is 11.1 Å². The van der Waals surface area contributed by atoms with Crippen LogP contribution >= 0.6 is 0 Å². The van der Waals surface area contributed by atoms with Gasteiger partial charge in [0.15, 0.2) is 5.58 Å². The Morgan fingerprint density at radius 1 is 1.50 bits per heavy atom. The first kappa shape index (κ1) is 12.9. The lowest BCUT2D eigenvalue weighted by molar-refractivity contribution is 0.276. The van der Waals surface area contributed by atoms with Crippen LogP contribution in [0.2, 0.25) is 0 Å². The van der Waals surface area contributed by atoms with E-state index >= 15 is 0 Å². The van der Waals surface area contributed by atoms with E-state index < -0.39 is 0 Å². The fourth-order valence-electron chi connectivity index (χ4n) is 2.14. The summed E-state index contributed by atoms with van der Waals surface area (Å²) in [7, 11) is 3.57. The molecule has 1 aromatic heterocycles. The van der Waals surface area contributed by atoms with Gasteiger partial charge in [-0.05, 0) is 37.6 Å². The van der Waals surface area contributed by atoms with Crippen LogP contribution in [0.5, 0.6) is 0 Å². The third-order valence-corrected chi connectivity index (χ3v) is 3.22. The summed E-state index contributed by atoms with van der Waals surface area (Å²) < 4.78 is 6.66. The van der Waals surface area contributed by atoms with E-state index in [1.54, 1.807) is 7.05 Å². The Morgan fingerprint density at radius 2 is 2.28 bits per heavy atom. The zero-order chi connectivity index (χ0) is 13.1. The van der Waals surface area contributed by atoms with E-state index in [0.29, 0.717) is 5.58 Å². The van der Waals surface area contributed by atoms with E-state index in [0.717, 1.165) is 23.9 Å². The van der Waals surface area contributed by atoms with Crippen molar-refractivity contribution in [3.05, 3.63) is 34.3 Å². The minimum atomic E-state index is -0.349. The molecule has 0 fully saturated rings. The molecule has 1 atom stereocenters. The molecule has 18 heavy (non-hydrogen) atoms. The summed E-state index contributed by atoms with van der Waals surface area (Å²) in [5.41, 5.74) is 2.46. The SMILES string of the molecule is CNC(CCCO)c1ccc2c(c1)oc(=O)n2C. The topological polar surface area (TPSA) is 67.4 Å². The maximum Gasteiger partial charge on any atom is 0.419 e. The molecule has 98 valence electrons. The van der Waals surface area contributed by atoms with Crippen LogP contribution in [0.25, 0.3) is 11.1 Å². The second-order valence-corrected chi connectivity index (χ2v) is 4.36. The number of oxazole rings is 1. The molecule has 0 aliphatic rings. The van der Waals surface area contributed by atoms with Crippen molar-refractivity contribution in [1.82, 2.24) is 9.88 Å². The van der Waals surface area contributed by atoms with E-state index in [-0.39, 0.29) is 18.4 Å². The summed E-state index contributed by atoms with van der Waals surface area (Å²) in [5.74, 6) is -0.349. The fourth-order valence-corrected chi connectivity index (χ4v) is 2.14. The second kappa shape index (κ2) is 5.37. The third-order valence-electron chi connectivity index (χ3n) is 3.22. The summed E-state index contributed by atoms with van der Waals surface area (Å²) in [6.07, 6.45) is 1.58. The number of fused-ring (bicyclic) bond motifs is 1. The third kappa shape index (κ3) is 2.32. The summed E-state index contributed by atoms with van der Waals surface area (Å²) in [6.45, 7) is 0.181. The van der Waals surface area contributed by atoms with Crippen molar-refractivity contribution in [2.75, 3.05) is 13.7 Å². The van der Waals surface area contributed by atoms with Gasteiger partial charge in [0, 0.05) is 19.7 Å². The molecular weight excluding hydrogens is 232 g/mol. The summed E-state index contributed by atoms with van der Waals surface area (Å²) in [6, 6.07) is 5.91. The largest absolute Gasteiger partial charge is 0.419 e. The van der Waals surface area contributed by atoms with Crippen molar-refractivity contribution in [3.8, 4) is 0 Å². The van der Waals surface area contributed by atoms with Crippen LogP contribution in [0.3, 0.4) is 0 Å². The zero-order valence-corrected chi connectivity index (χ0v) is 10.6. The van der Waals surface area contributed by atoms with E-state index in [9.17, 15) is 4.79 Å². The first-order valence-electron chi connectivity index (χ1n) is 6.05. The molecule has 5 heteroatoms. The quantitative estimate of drug-likeness (QED) is 0.835. The normalized spacial score (nSPS) is 13.1. The lowest BCUT2D eigenvalue weighted by Crippen LogP contribution is -2.16. The lowest BCUT2D eigenvalue weighted by atomic mass is 10.0. The number of aryl methyl sites for hydroxylation is 1. The van der Waals surface area contributed by atoms with Crippen LogP contribution in [0.1, 0.15) is 24.4 Å². The Hall–Kier alpha value is -1.59. The standard InChI is InChI=1S/C13H18N2O3/c1-14-10(4-3-7-16)9-5-6-11-12(8-9)18-13(17)15(11)2/h5-6,8,10,14,16H,3-4,7H2,1-2H3. The molecule has 0 amide bonds. The molecule has 5 nitrogen and oxygen atoms in total. The van der Waals surface area contributed by atoms with Gasteiger partial charge in [-0.1, -0.05) is 6.07 Å². The molecule has 0 saturated carbocycles. The van der Waals surface area contributed by atoms with E-state index in [1.807, 2.05) is 25.2 Å². The number of aliphatic hydroxyl groups excluding tert-OH is 1. The second-order valence-electron chi connectivity index (χ2n) is 4.36. The van der Waals surface area contributed by atoms with Gasteiger partial charge in [0.25, 0.3) is 0 Å². The Balaban J connectivity index is 2.36. The van der Waals surface area contributed by atoms with Crippen LogP contribution in [-0.2, 0) is 7.05 Å². The van der Waals surface area contributed by atoms with Crippen molar-refractivity contribution in [2.24, 2.45) is 7.05 Å². The van der Waals surface area contributed by atoms with Crippen LogP contribution in [0, 0.1) is 0 Å². The van der Waals surface area contributed by atoms with Crippen molar-refractivity contribution in [3.63, 3.8) is 0 Å². The molecule has 1 heterocycles. The number of aliphatic hydroxyl groups is 1. The number of benzene rings is 1. The summed E-state index contributed by atoms with van der Waals surface area (Å²) in [5, 5.41) is 12.1. The highest BCUT2D eigenvalue weighted by atomic mass is 16.4. The molecule has 2 N–H and O–H groups in total. The molecule has 0 bridgehead atoms. The number of rotatable bonds is 5. The Kier molecular flexibility index (Phi) is 3.84. The highest BCUT2D eigenvalue weighted by Gasteiger charge is 2.12. The fraction of sp³-hybridized carbons (Fsp3) is 0.462. The number of aromatic nitrogens is 1. The highest BCUT2D eigenvalue weighted by molar-refractivity contribution is 5.73. The van der Waals surface area contributed by atoms with E-state index in [4.69, 9.17) is 9.52 Å². The molecule has 0 radical (unpaired) electrons. The monoisotopic (exact) mass is 250 g/mol. The zero-order valence-electron chi connectivity index (χ0n) is 10.6. The maximum absolute atomic E-state index is 11.4. The first-order valence-corrected chi connectivity index (χ1v) is 6.05. The number of hydrogen-bond donors (Lipinski definition) is 2. The average Bonchev–Trinajstić information content (AvgIpc) is 2.66. The molecule has 1 aromatic carbocycles. The highest BCUT2D eigenvalue weighted by Crippen LogP contribution is 2.22. The van der Waals surface area contributed by atoms with Gasteiger partial charge in [0.1, 0.15) is 0 Å². The van der Waals surface area contributed by atoms with Gasteiger partial charge in [0.2, 0.25) is 0 Å². The molecule has 0 saturated heterocycles. The van der Waals surface area contributed by atoms with Gasteiger partial charge in [-0.2, -0.15) is 0 Å². The Morgan fingerprint density at radius 3 is 2.94 bits per heavy atom. The van der Waals surface area contributed by atoms with Crippen molar-refractivity contribution in [1.29, 1.82) is 0 Å². The smallest absolute Gasteiger partial charge is 0.408 e. The predicted octanol–water partition coefficient (Wildman–Crippen LogP) is 1.16. The van der Waals surface area contributed by atoms with Crippen LogP contribution in [-0.4, -0.2) is 23.3 Å². The number of nitrogens with zero attached hydrogens (tertiary/aromatic N) is 1. The molecular formula is C13H18N2O3. The van der Waals surface area contributed by atoms with Crippen LogP contribution in [0.4, 0.5) is 0 Å². The van der Waals surface area contributed by atoms with Crippen LogP contribution in [0.15, 0.2) is 27.4 Å². The molecule has 0 spiro atoms. The maximum atomic E-state index is 11.4. The van der Waals surface area contributed by atoms with Gasteiger partial charge in [-0.25, -0.2) is 4.79 Å². The molecule has 1 unspecified atom stereocenters. The summed E-state index contributed by atoms with van der Waals surface area (Å²) >= 11 is 0. The van der Waals surface area contributed by atoms with E-state index in [2.05, 4.69) is 5.32 Å². The molecule has 0 aliphatic heterocycles. The molecule has 2 rings (SSSR count). The van der Waals surface area contributed by atoms with Gasteiger partial charge in [-0.15, -0.1) is 0 Å². The Bertz CT molecular complexity index is 585. The van der Waals surface area contributed by atoms with Gasteiger partial charge in [0.05, 0.1) is 5.52 Å². The molecule has 0 aliphatic carbocycles. The van der Waals surface area contributed by atoms with Crippen molar-refractivity contribution < 1.29 is 9.52 Å². The van der Waals surface area contributed by atoms with Crippen molar-refractivity contribution in [2.45, 2.75) is 18.9 Å². The lowest BCUT2D eigenvalue weighted by Gasteiger charge is -2.15. The number of hydrogen-bond acceptors (Lipinski definition) is 4. The first-order chi connectivity index (χ1) is 8.67. The van der Waals surface area contributed by atoms with Gasteiger partial charge in [-0.3, -0.25) is 4.57 Å². The predicted molar refractivity (Wildman–Crippen MR) is 69.6 cm³/mol. The van der Waals surface area contributed by atoms with E-state index in [1.165, 1.54) is 4.57 Å². The summed E-state index contributed by atoms with van der Waals surface area (Å²) in [4.78, 5) is 11.4. The average molecular weight is 250 g/mol. The van der Waals surface area contributed by atoms with Gasteiger partial charge < -0.3 is 14.8 Å². The molecule has 2 aromatic rings. The minimum absolute atomic E-state index is 0.159. The van der Waals surface area contributed by atoms with Crippen molar-refractivity contribution >= 4 is 11.1 Å². The van der Waals surface area contributed by atoms with Gasteiger partial charge >= 0.3 is 5.76 Å². The number of nitrogens with one attached hydrogen (secondary N) is 1.